The lowest BCUT2D eigenvalue weighted by molar-refractivity contribution is -0.117. The van der Waals surface area contributed by atoms with E-state index in [1.165, 1.54) is 17.0 Å². The van der Waals surface area contributed by atoms with Gasteiger partial charge in [-0.2, -0.15) is 0 Å². The van der Waals surface area contributed by atoms with Gasteiger partial charge in [-0.25, -0.2) is 4.39 Å². The van der Waals surface area contributed by atoms with Crippen molar-refractivity contribution in [1.29, 1.82) is 0 Å². The van der Waals surface area contributed by atoms with Gasteiger partial charge >= 0.3 is 0 Å². The van der Waals surface area contributed by atoms with Crippen molar-refractivity contribution in [3.8, 4) is 0 Å². The summed E-state index contributed by atoms with van der Waals surface area (Å²) in [5, 5.41) is 9.33. The molecule has 1 fully saturated rings. The highest BCUT2D eigenvalue weighted by molar-refractivity contribution is 9.10. The topological polar surface area (TPSA) is 66.6 Å². The van der Waals surface area contributed by atoms with Gasteiger partial charge in [0.25, 0.3) is 0 Å². The number of rotatable bonds is 1. The molecule has 16 heavy (non-hydrogen) atoms. The summed E-state index contributed by atoms with van der Waals surface area (Å²) in [4.78, 5) is 12.7. The molecule has 1 amide bonds. The lowest BCUT2D eigenvalue weighted by atomic mass is 10.2. The van der Waals surface area contributed by atoms with Crippen molar-refractivity contribution in [2.45, 2.75) is 12.5 Å². The molecule has 4 nitrogen and oxygen atoms in total. The summed E-state index contributed by atoms with van der Waals surface area (Å²) in [5.41, 5.74) is 5.89. The lowest BCUT2D eigenvalue weighted by Crippen LogP contribution is -2.27. The predicted molar refractivity (Wildman–Crippen MR) is 61.5 cm³/mol. The fourth-order valence-corrected chi connectivity index (χ4v) is 2.22. The minimum absolute atomic E-state index is 0.00887. The summed E-state index contributed by atoms with van der Waals surface area (Å²) in [6.45, 7) is 0.0849. The second kappa shape index (κ2) is 4.03. The zero-order valence-electron chi connectivity index (χ0n) is 8.28. The van der Waals surface area contributed by atoms with E-state index >= 15 is 0 Å². The number of nitrogens with two attached hydrogens (primary N) is 1. The van der Waals surface area contributed by atoms with Gasteiger partial charge in [0.1, 0.15) is 11.5 Å². The molecule has 1 unspecified atom stereocenters. The fraction of sp³-hybridized carbons (Fsp3) is 0.300. The second-order valence-corrected chi connectivity index (χ2v) is 4.60. The summed E-state index contributed by atoms with van der Waals surface area (Å²) >= 11 is 3.11. The van der Waals surface area contributed by atoms with Crippen LogP contribution in [0.25, 0.3) is 0 Å². The fourth-order valence-electron chi connectivity index (χ4n) is 1.78. The zero-order valence-corrected chi connectivity index (χ0v) is 9.87. The van der Waals surface area contributed by atoms with Crippen LogP contribution in [0.5, 0.6) is 0 Å². The molecular weight excluding hydrogens is 279 g/mol. The number of hydrogen-bond donors (Lipinski definition) is 2. The minimum atomic E-state index is -0.755. The number of carbonyl (C=O) groups is 1. The van der Waals surface area contributed by atoms with Crippen LogP contribution in [0.15, 0.2) is 16.6 Å². The van der Waals surface area contributed by atoms with E-state index in [0.29, 0.717) is 4.47 Å². The highest BCUT2D eigenvalue weighted by atomic mass is 79.9. The Bertz CT molecular complexity index is 429. The number of nitrogen functional groups attached to an aromatic ring is 1. The average molecular weight is 289 g/mol. The van der Waals surface area contributed by atoms with Gasteiger partial charge in [0.15, 0.2) is 0 Å². The smallest absolute Gasteiger partial charge is 0.229 e. The normalized spacial score (nSPS) is 20.6. The highest BCUT2D eigenvalue weighted by Gasteiger charge is 2.32. The minimum Gasteiger partial charge on any atom is -0.397 e. The van der Waals surface area contributed by atoms with Crippen LogP contribution in [0.4, 0.5) is 15.8 Å². The molecule has 3 N–H and O–H groups in total. The molecule has 1 aliphatic heterocycles. The Hall–Kier alpha value is -1.14. The molecule has 1 aromatic carbocycles. The van der Waals surface area contributed by atoms with Crippen molar-refractivity contribution in [3.63, 3.8) is 0 Å². The Morgan fingerprint density at radius 2 is 2.25 bits per heavy atom. The van der Waals surface area contributed by atoms with Gasteiger partial charge in [0.05, 0.1) is 24.8 Å². The van der Waals surface area contributed by atoms with Gasteiger partial charge in [-0.1, -0.05) is 15.9 Å². The number of halogens is 2. The molecule has 1 saturated heterocycles. The first kappa shape index (κ1) is 11.3. The van der Waals surface area contributed by atoms with Crippen molar-refractivity contribution in [2.24, 2.45) is 0 Å². The van der Waals surface area contributed by atoms with Crippen LogP contribution < -0.4 is 10.6 Å². The average Bonchev–Trinajstić information content (AvgIpc) is 2.43. The number of amides is 1. The van der Waals surface area contributed by atoms with Crippen molar-refractivity contribution in [2.75, 3.05) is 17.2 Å². The van der Waals surface area contributed by atoms with Crippen LogP contribution in [0, 0.1) is 5.82 Å². The number of carbonyl (C=O) groups excluding carboxylic acids is 1. The van der Waals surface area contributed by atoms with Crippen molar-refractivity contribution in [1.82, 2.24) is 0 Å². The molecule has 1 aliphatic rings. The lowest BCUT2D eigenvalue weighted by Gasteiger charge is -2.19. The first-order valence-corrected chi connectivity index (χ1v) is 5.51. The van der Waals surface area contributed by atoms with Gasteiger partial charge in [0.2, 0.25) is 5.91 Å². The molecule has 1 heterocycles. The van der Waals surface area contributed by atoms with Gasteiger partial charge in [0, 0.05) is 4.47 Å². The van der Waals surface area contributed by atoms with Gasteiger partial charge in [-0.3, -0.25) is 4.79 Å². The quantitative estimate of drug-likeness (QED) is 0.765. The van der Waals surface area contributed by atoms with Crippen LogP contribution in [-0.2, 0) is 4.79 Å². The monoisotopic (exact) mass is 288 g/mol. The van der Waals surface area contributed by atoms with Crippen LogP contribution in [0.1, 0.15) is 6.42 Å². The third-order valence-corrected chi connectivity index (χ3v) is 2.89. The molecule has 2 rings (SSSR count). The standard InChI is InChI=1S/C10H10BrFN2O2/c11-5-1-7(12)10(8(13)2-5)14-4-6(15)3-9(14)16/h1-2,6,15H,3-4,13H2. The summed E-state index contributed by atoms with van der Waals surface area (Å²) < 4.78 is 14.2. The van der Waals surface area contributed by atoms with Crippen LogP contribution in [-0.4, -0.2) is 23.7 Å². The number of aliphatic hydroxyl groups excluding tert-OH is 1. The summed E-state index contributed by atoms with van der Waals surface area (Å²) in [7, 11) is 0. The number of benzene rings is 1. The van der Waals surface area contributed by atoms with Gasteiger partial charge < -0.3 is 15.7 Å². The van der Waals surface area contributed by atoms with E-state index in [1.807, 2.05) is 0 Å². The molecule has 0 radical (unpaired) electrons. The largest absolute Gasteiger partial charge is 0.397 e. The molecule has 0 aromatic heterocycles. The molecule has 0 spiro atoms. The summed E-state index contributed by atoms with van der Waals surface area (Å²) in [6, 6.07) is 2.76. The van der Waals surface area contributed by atoms with E-state index in [-0.39, 0.29) is 30.2 Å². The van der Waals surface area contributed by atoms with Crippen molar-refractivity contribution >= 4 is 33.2 Å². The number of nitrogens with zero attached hydrogens (tertiary/aromatic N) is 1. The number of aliphatic hydroxyl groups is 1. The van der Waals surface area contributed by atoms with E-state index in [9.17, 15) is 14.3 Å². The molecule has 1 atom stereocenters. The van der Waals surface area contributed by atoms with Crippen molar-refractivity contribution < 1.29 is 14.3 Å². The van der Waals surface area contributed by atoms with E-state index < -0.39 is 11.9 Å². The maximum absolute atomic E-state index is 13.7. The van der Waals surface area contributed by atoms with Gasteiger partial charge in [-0.05, 0) is 12.1 Å². The first-order valence-electron chi connectivity index (χ1n) is 4.72. The van der Waals surface area contributed by atoms with Crippen LogP contribution >= 0.6 is 15.9 Å². The van der Waals surface area contributed by atoms with Crippen LogP contribution in [0.3, 0.4) is 0 Å². The van der Waals surface area contributed by atoms with E-state index in [2.05, 4.69) is 15.9 Å². The van der Waals surface area contributed by atoms with E-state index in [4.69, 9.17) is 5.73 Å². The Labute approximate surface area is 100.0 Å². The summed E-state index contributed by atoms with van der Waals surface area (Å²) in [5.74, 6) is -0.894. The second-order valence-electron chi connectivity index (χ2n) is 3.69. The van der Waals surface area contributed by atoms with Gasteiger partial charge in [-0.15, -0.1) is 0 Å². The summed E-state index contributed by atoms with van der Waals surface area (Å²) in [6.07, 6.45) is -0.746. The predicted octanol–water partition coefficient (Wildman–Crippen LogP) is 1.27. The number of anilines is 2. The Kier molecular flexibility index (Phi) is 2.86. The third-order valence-electron chi connectivity index (χ3n) is 2.43. The zero-order chi connectivity index (χ0) is 11.9. The maximum atomic E-state index is 13.7. The SMILES string of the molecule is Nc1cc(Br)cc(F)c1N1CC(O)CC1=O. The molecular formula is C10H10BrFN2O2. The Morgan fingerprint density at radius 3 is 2.75 bits per heavy atom. The molecule has 0 aliphatic carbocycles. The number of hydrogen-bond acceptors (Lipinski definition) is 3. The third kappa shape index (κ3) is 1.90. The Morgan fingerprint density at radius 1 is 1.56 bits per heavy atom. The molecule has 86 valence electrons. The molecule has 6 heteroatoms. The van der Waals surface area contributed by atoms with Crippen LogP contribution in [0.2, 0.25) is 0 Å². The first-order chi connectivity index (χ1) is 7.49. The van der Waals surface area contributed by atoms with Crippen molar-refractivity contribution in [3.05, 3.63) is 22.4 Å². The highest BCUT2D eigenvalue weighted by Crippen LogP contribution is 2.33. The maximum Gasteiger partial charge on any atom is 0.229 e. The van der Waals surface area contributed by atoms with E-state index in [1.54, 1.807) is 0 Å². The molecule has 1 aromatic rings. The Balaban J connectivity index is 2.44. The number of β-amino-alcohol motifs (C(OH)–C–C–N with tert-alkyl or cyclic N) is 1. The van der Waals surface area contributed by atoms with E-state index in [0.717, 1.165) is 0 Å². The molecule has 0 bridgehead atoms. The molecule has 0 saturated carbocycles.